The number of nitrogens with zero attached hydrogens (tertiary/aromatic N) is 3. The van der Waals surface area contributed by atoms with Gasteiger partial charge in [-0.1, -0.05) is 11.6 Å². The molecule has 0 saturated heterocycles. The summed E-state index contributed by atoms with van der Waals surface area (Å²) < 4.78 is 33.5. The molecule has 3 rings (SSSR count). The van der Waals surface area contributed by atoms with Crippen LogP contribution in [0.25, 0.3) is 17.1 Å². The van der Waals surface area contributed by atoms with Crippen molar-refractivity contribution >= 4 is 17.6 Å². The third-order valence-corrected chi connectivity index (χ3v) is 3.41. The van der Waals surface area contributed by atoms with E-state index in [1.807, 2.05) is 0 Å². The molecular weight excluding hydrogens is 356 g/mol. The topological polar surface area (TPSA) is 77.2 Å². The molecule has 128 valence electrons. The largest absolute Gasteiger partial charge is 0.479 e. The Labute approximate surface area is 145 Å². The molecule has 0 spiro atoms. The van der Waals surface area contributed by atoms with E-state index in [1.54, 1.807) is 24.3 Å². The molecule has 0 aliphatic heterocycles. The van der Waals surface area contributed by atoms with Gasteiger partial charge in [0.15, 0.2) is 12.4 Å². The van der Waals surface area contributed by atoms with Gasteiger partial charge in [-0.25, -0.2) is 18.3 Å². The van der Waals surface area contributed by atoms with Gasteiger partial charge >= 0.3 is 12.0 Å². The standard InChI is InChI=1S/C16H10ClF2N3O3/c17-9-1-4-11(5-2-9)22-15(12-6-3-10(18)7-13(12)19)20-16(21-22)25-8-14(23)24/h1-7H,8H2,(H,23,24). The molecule has 0 unspecified atom stereocenters. The lowest BCUT2D eigenvalue weighted by molar-refractivity contribution is -0.139. The first kappa shape index (κ1) is 16.8. The minimum atomic E-state index is -1.21. The Morgan fingerprint density at radius 3 is 2.56 bits per heavy atom. The Morgan fingerprint density at radius 1 is 1.20 bits per heavy atom. The average Bonchev–Trinajstić information content (AvgIpc) is 2.97. The fourth-order valence-electron chi connectivity index (χ4n) is 2.09. The zero-order valence-electron chi connectivity index (χ0n) is 12.5. The van der Waals surface area contributed by atoms with Crippen LogP contribution in [-0.2, 0) is 4.79 Å². The van der Waals surface area contributed by atoms with Gasteiger partial charge in [0.05, 0.1) is 11.3 Å². The van der Waals surface area contributed by atoms with Crippen molar-refractivity contribution < 1.29 is 23.4 Å². The normalized spacial score (nSPS) is 10.7. The highest BCUT2D eigenvalue weighted by atomic mass is 35.5. The van der Waals surface area contributed by atoms with Crippen molar-refractivity contribution in [3.63, 3.8) is 0 Å². The summed E-state index contributed by atoms with van der Waals surface area (Å²) in [6.45, 7) is -0.657. The van der Waals surface area contributed by atoms with Crippen molar-refractivity contribution in [3.05, 3.63) is 59.1 Å². The first-order valence-corrected chi connectivity index (χ1v) is 7.35. The number of carboxylic acid groups (broad SMARTS) is 1. The second kappa shape index (κ2) is 6.86. The van der Waals surface area contributed by atoms with Gasteiger partial charge in [-0.2, -0.15) is 4.98 Å². The number of aromatic nitrogens is 3. The van der Waals surface area contributed by atoms with E-state index in [1.165, 1.54) is 10.7 Å². The van der Waals surface area contributed by atoms with E-state index in [9.17, 15) is 13.6 Å². The van der Waals surface area contributed by atoms with Crippen LogP contribution in [0, 0.1) is 11.6 Å². The number of halogens is 3. The number of rotatable bonds is 5. The Bertz CT molecular complexity index is 929. The maximum Gasteiger partial charge on any atom is 0.341 e. The van der Waals surface area contributed by atoms with Crippen LogP contribution in [0.15, 0.2) is 42.5 Å². The number of benzene rings is 2. The predicted octanol–water partition coefficient (Wildman–Crippen LogP) is 3.33. The van der Waals surface area contributed by atoms with Gasteiger partial charge in [-0.05, 0) is 36.4 Å². The Morgan fingerprint density at radius 2 is 1.92 bits per heavy atom. The molecule has 2 aromatic carbocycles. The number of carboxylic acids is 1. The van der Waals surface area contributed by atoms with Crippen molar-refractivity contribution in [2.45, 2.75) is 0 Å². The highest BCUT2D eigenvalue weighted by Crippen LogP contribution is 2.27. The summed E-state index contributed by atoms with van der Waals surface area (Å²) >= 11 is 5.85. The third kappa shape index (κ3) is 3.74. The van der Waals surface area contributed by atoms with Crippen LogP contribution in [0.5, 0.6) is 6.01 Å². The minimum Gasteiger partial charge on any atom is -0.479 e. The summed E-state index contributed by atoms with van der Waals surface area (Å²) in [5.74, 6) is -2.76. The van der Waals surface area contributed by atoms with Crippen LogP contribution in [-0.4, -0.2) is 32.4 Å². The van der Waals surface area contributed by atoms with Crippen LogP contribution >= 0.6 is 11.6 Å². The molecule has 3 aromatic rings. The minimum absolute atomic E-state index is 0.0194. The summed E-state index contributed by atoms with van der Waals surface area (Å²) in [4.78, 5) is 14.6. The maximum atomic E-state index is 14.1. The molecule has 0 aliphatic rings. The van der Waals surface area contributed by atoms with Crippen molar-refractivity contribution in [3.8, 4) is 23.1 Å². The van der Waals surface area contributed by atoms with E-state index in [0.717, 1.165) is 6.07 Å². The number of carbonyl (C=O) groups is 1. The number of aliphatic carboxylic acids is 1. The molecule has 0 saturated carbocycles. The van der Waals surface area contributed by atoms with E-state index < -0.39 is 24.2 Å². The lowest BCUT2D eigenvalue weighted by Gasteiger charge is -2.06. The molecule has 0 aliphatic carbocycles. The lowest BCUT2D eigenvalue weighted by Crippen LogP contribution is -2.10. The molecule has 1 aromatic heterocycles. The van der Waals surface area contributed by atoms with Crippen LogP contribution in [0.2, 0.25) is 5.02 Å². The second-order valence-corrected chi connectivity index (χ2v) is 5.35. The fourth-order valence-corrected chi connectivity index (χ4v) is 2.21. The maximum absolute atomic E-state index is 14.1. The van der Waals surface area contributed by atoms with Gasteiger partial charge in [0, 0.05) is 11.1 Å². The van der Waals surface area contributed by atoms with Crippen LogP contribution in [0.1, 0.15) is 0 Å². The molecular formula is C16H10ClF2N3O3. The molecule has 1 N–H and O–H groups in total. The molecule has 6 nitrogen and oxygen atoms in total. The molecule has 1 heterocycles. The van der Waals surface area contributed by atoms with Crippen LogP contribution < -0.4 is 4.74 Å². The quantitative estimate of drug-likeness (QED) is 0.750. The molecule has 25 heavy (non-hydrogen) atoms. The third-order valence-electron chi connectivity index (χ3n) is 3.16. The Balaban J connectivity index is 2.10. The molecule has 9 heteroatoms. The van der Waals surface area contributed by atoms with E-state index in [2.05, 4.69) is 10.1 Å². The van der Waals surface area contributed by atoms with Crippen molar-refractivity contribution in [1.29, 1.82) is 0 Å². The van der Waals surface area contributed by atoms with E-state index in [-0.39, 0.29) is 17.4 Å². The molecule has 0 bridgehead atoms. The first-order chi connectivity index (χ1) is 11.9. The summed E-state index contributed by atoms with van der Waals surface area (Å²) in [7, 11) is 0. The number of hydrogen-bond acceptors (Lipinski definition) is 4. The molecule has 0 radical (unpaired) electrons. The lowest BCUT2D eigenvalue weighted by atomic mass is 10.2. The average molecular weight is 366 g/mol. The molecule has 0 fully saturated rings. The summed E-state index contributed by atoms with van der Waals surface area (Å²) in [5.41, 5.74) is 0.467. The van der Waals surface area contributed by atoms with Crippen molar-refractivity contribution in [2.75, 3.05) is 6.61 Å². The summed E-state index contributed by atoms with van der Waals surface area (Å²) in [6, 6.07) is 9.18. The van der Waals surface area contributed by atoms with E-state index in [4.69, 9.17) is 21.4 Å². The highest BCUT2D eigenvalue weighted by Gasteiger charge is 2.18. The van der Waals surface area contributed by atoms with Gasteiger partial charge in [0.1, 0.15) is 11.6 Å². The summed E-state index contributed by atoms with van der Waals surface area (Å²) in [6.07, 6.45) is 0. The van der Waals surface area contributed by atoms with Gasteiger partial charge < -0.3 is 9.84 Å². The SMILES string of the molecule is O=C(O)COc1nc(-c2ccc(F)cc2F)n(-c2ccc(Cl)cc2)n1. The van der Waals surface area contributed by atoms with Crippen LogP contribution in [0.3, 0.4) is 0 Å². The number of hydrogen-bond donors (Lipinski definition) is 1. The Kier molecular flexibility index (Phi) is 4.62. The van der Waals surface area contributed by atoms with Gasteiger partial charge in [-0.15, -0.1) is 5.10 Å². The zero-order valence-corrected chi connectivity index (χ0v) is 13.2. The summed E-state index contributed by atoms with van der Waals surface area (Å²) in [5, 5.41) is 13.2. The van der Waals surface area contributed by atoms with E-state index in [0.29, 0.717) is 16.8 Å². The van der Waals surface area contributed by atoms with E-state index >= 15 is 0 Å². The number of ether oxygens (including phenoxy) is 1. The second-order valence-electron chi connectivity index (χ2n) is 4.91. The van der Waals surface area contributed by atoms with Gasteiger partial charge in [-0.3, -0.25) is 0 Å². The predicted molar refractivity (Wildman–Crippen MR) is 84.9 cm³/mol. The molecule has 0 amide bonds. The van der Waals surface area contributed by atoms with Crippen molar-refractivity contribution in [2.24, 2.45) is 0 Å². The smallest absolute Gasteiger partial charge is 0.341 e. The monoisotopic (exact) mass is 365 g/mol. The van der Waals surface area contributed by atoms with Gasteiger partial charge in [0.2, 0.25) is 0 Å². The van der Waals surface area contributed by atoms with Gasteiger partial charge in [0.25, 0.3) is 0 Å². The highest BCUT2D eigenvalue weighted by molar-refractivity contribution is 6.30. The van der Waals surface area contributed by atoms with Crippen molar-refractivity contribution in [1.82, 2.24) is 14.8 Å². The zero-order chi connectivity index (χ0) is 18.0. The fraction of sp³-hybridized carbons (Fsp3) is 0.0625. The Hall–Kier alpha value is -3.00. The molecule has 0 atom stereocenters. The van der Waals surface area contributed by atoms with Crippen LogP contribution in [0.4, 0.5) is 8.78 Å². The first-order valence-electron chi connectivity index (χ1n) is 6.97.